The fraction of sp³-hybridized carbons (Fsp3) is 0.267. The van der Waals surface area contributed by atoms with Gasteiger partial charge < -0.3 is 10.1 Å². The molecule has 1 fully saturated rings. The molecule has 20 heavy (non-hydrogen) atoms. The molecule has 4 rings (SSSR count). The van der Waals surface area contributed by atoms with Crippen molar-refractivity contribution in [1.29, 1.82) is 0 Å². The summed E-state index contributed by atoms with van der Waals surface area (Å²) in [4.78, 5) is 15.8. The molecule has 100 valence electrons. The normalized spacial score (nSPS) is 18.7. The number of fused-ring (bicyclic) bond motifs is 1. The fourth-order valence-corrected chi connectivity index (χ4v) is 2.42. The van der Waals surface area contributed by atoms with Gasteiger partial charge in [-0.05, 0) is 37.0 Å². The summed E-state index contributed by atoms with van der Waals surface area (Å²) in [6.45, 7) is 0. The maximum atomic E-state index is 9.93. The van der Waals surface area contributed by atoms with Crippen molar-refractivity contribution in [3.8, 4) is 5.88 Å². The van der Waals surface area contributed by atoms with E-state index < -0.39 is 0 Å². The Bertz CT molecular complexity index is 725. The number of aliphatic imine (C=N–C) groups is 1. The van der Waals surface area contributed by atoms with E-state index >= 15 is 0 Å². The predicted octanol–water partition coefficient (Wildman–Crippen LogP) is 2.72. The highest BCUT2D eigenvalue weighted by Crippen LogP contribution is 2.34. The van der Waals surface area contributed by atoms with Crippen LogP contribution >= 0.6 is 0 Å². The lowest BCUT2D eigenvalue weighted by atomic mass is 10.1. The van der Waals surface area contributed by atoms with Crippen LogP contribution in [-0.4, -0.2) is 26.3 Å². The van der Waals surface area contributed by atoms with Gasteiger partial charge in [0.05, 0.1) is 0 Å². The van der Waals surface area contributed by atoms with Crippen molar-refractivity contribution in [3.63, 3.8) is 0 Å². The molecule has 1 aliphatic carbocycles. The number of hydrogen-bond donors (Lipinski definition) is 2. The van der Waals surface area contributed by atoms with Crippen molar-refractivity contribution in [3.05, 3.63) is 35.4 Å². The summed E-state index contributed by atoms with van der Waals surface area (Å²) in [5.41, 5.74) is 2.55. The van der Waals surface area contributed by atoms with Gasteiger partial charge in [0.1, 0.15) is 11.5 Å². The van der Waals surface area contributed by atoms with Crippen molar-refractivity contribution < 1.29 is 5.11 Å². The number of nitrogens with zero attached hydrogens (tertiary/aromatic N) is 3. The number of nitrogens with one attached hydrogen (secondary N) is 1. The number of pyridine rings is 1. The van der Waals surface area contributed by atoms with Crippen LogP contribution < -0.4 is 0 Å². The van der Waals surface area contributed by atoms with Crippen LogP contribution in [0.2, 0.25) is 0 Å². The van der Waals surface area contributed by atoms with Crippen LogP contribution in [0.1, 0.15) is 29.9 Å². The van der Waals surface area contributed by atoms with Gasteiger partial charge in [-0.1, -0.05) is 0 Å². The molecule has 0 unspecified atom stereocenters. The molecule has 0 spiro atoms. The Morgan fingerprint density at radius 1 is 1.40 bits per heavy atom. The zero-order valence-corrected chi connectivity index (χ0v) is 10.9. The van der Waals surface area contributed by atoms with Crippen LogP contribution in [0.25, 0.3) is 11.6 Å². The number of rotatable bonds is 3. The molecule has 5 nitrogen and oxygen atoms in total. The van der Waals surface area contributed by atoms with E-state index in [1.54, 1.807) is 12.4 Å². The largest absolute Gasteiger partial charge is 0.492 e. The van der Waals surface area contributed by atoms with Crippen LogP contribution in [-0.2, 0) is 6.42 Å². The number of imidazole rings is 1. The van der Waals surface area contributed by atoms with Crippen LogP contribution in [0.5, 0.6) is 5.88 Å². The van der Waals surface area contributed by atoms with E-state index in [0.717, 1.165) is 35.1 Å². The number of H-pyrrole nitrogens is 1. The van der Waals surface area contributed by atoms with Gasteiger partial charge in [0, 0.05) is 30.0 Å². The summed E-state index contributed by atoms with van der Waals surface area (Å²) in [7, 11) is 0. The molecular weight excluding hydrogens is 252 g/mol. The molecule has 2 aromatic heterocycles. The van der Waals surface area contributed by atoms with Crippen LogP contribution in [0.3, 0.4) is 0 Å². The first-order valence-corrected chi connectivity index (χ1v) is 6.78. The maximum absolute atomic E-state index is 9.93. The van der Waals surface area contributed by atoms with Gasteiger partial charge in [0.15, 0.2) is 5.82 Å². The molecule has 3 heterocycles. The zero-order chi connectivity index (χ0) is 13.5. The first kappa shape index (κ1) is 11.4. The van der Waals surface area contributed by atoms with E-state index in [1.807, 2.05) is 18.2 Å². The molecule has 0 saturated heterocycles. The number of hydrogen-bond acceptors (Lipinski definition) is 4. The van der Waals surface area contributed by atoms with E-state index in [-0.39, 0.29) is 5.88 Å². The van der Waals surface area contributed by atoms with Gasteiger partial charge >= 0.3 is 0 Å². The number of aromatic nitrogens is 3. The Balaban J connectivity index is 1.67. The Hall–Kier alpha value is -2.43. The first-order valence-electron chi connectivity index (χ1n) is 6.78. The Morgan fingerprint density at radius 2 is 2.30 bits per heavy atom. The van der Waals surface area contributed by atoms with Gasteiger partial charge in [-0.3, -0.25) is 0 Å². The van der Waals surface area contributed by atoms with Crippen molar-refractivity contribution in [1.82, 2.24) is 15.0 Å². The topological polar surface area (TPSA) is 74.2 Å². The Labute approximate surface area is 116 Å². The van der Waals surface area contributed by atoms with Gasteiger partial charge in [-0.25, -0.2) is 9.98 Å². The van der Waals surface area contributed by atoms with E-state index in [4.69, 9.17) is 0 Å². The molecule has 0 bridgehead atoms. The summed E-state index contributed by atoms with van der Waals surface area (Å²) >= 11 is 0. The summed E-state index contributed by atoms with van der Waals surface area (Å²) in [5, 5.41) is 9.93. The number of aromatic hydroxyl groups is 1. The SMILES string of the molecule is Oc1nc(CC2CC2)[nH]c1/C=C1/C=Nc2ncccc21. The smallest absolute Gasteiger partial charge is 0.237 e. The highest BCUT2D eigenvalue weighted by Gasteiger charge is 2.23. The standard InChI is InChI=1S/C15H14N4O/c20-15-12(18-13(19-15)6-9-3-4-9)7-10-8-17-14-11(10)2-1-5-16-14/h1-2,5,7-9,20H,3-4,6H2,(H,18,19)/b10-7-. The molecule has 2 aliphatic rings. The zero-order valence-electron chi connectivity index (χ0n) is 10.9. The monoisotopic (exact) mass is 266 g/mol. The minimum absolute atomic E-state index is 0.0545. The fourth-order valence-electron chi connectivity index (χ4n) is 2.42. The molecule has 0 amide bonds. The van der Waals surface area contributed by atoms with Crippen molar-refractivity contribution in [2.75, 3.05) is 0 Å². The minimum atomic E-state index is 0.0545. The second-order valence-corrected chi connectivity index (χ2v) is 5.30. The summed E-state index contributed by atoms with van der Waals surface area (Å²) in [5.74, 6) is 2.37. The molecule has 1 aliphatic heterocycles. The molecule has 2 N–H and O–H groups in total. The van der Waals surface area contributed by atoms with Gasteiger partial charge in [-0.2, -0.15) is 4.98 Å². The third-order valence-electron chi connectivity index (χ3n) is 3.66. The molecule has 5 heteroatoms. The van der Waals surface area contributed by atoms with Crippen LogP contribution in [0.4, 0.5) is 5.82 Å². The van der Waals surface area contributed by atoms with Crippen LogP contribution in [0, 0.1) is 5.92 Å². The second kappa shape index (κ2) is 4.30. The quantitative estimate of drug-likeness (QED) is 0.897. The lowest BCUT2D eigenvalue weighted by molar-refractivity contribution is 0.454. The molecule has 2 aromatic rings. The van der Waals surface area contributed by atoms with Gasteiger partial charge in [0.2, 0.25) is 5.88 Å². The van der Waals surface area contributed by atoms with Crippen molar-refractivity contribution in [2.24, 2.45) is 10.9 Å². The molecule has 0 atom stereocenters. The lowest BCUT2D eigenvalue weighted by Crippen LogP contribution is -1.89. The molecule has 1 saturated carbocycles. The maximum Gasteiger partial charge on any atom is 0.237 e. The van der Waals surface area contributed by atoms with Crippen molar-refractivity contribution >= 4 is 23.7 Å². The molecule has 0 aromatic carbocycles. The number of allylic oxidation sites excluding steroid dienone is 1. The van der Waals surface area contributed by atoms with E-state index in [2.05, 4.69) is 19.9 Å². The summed E-state index contributed by atoms with van der Waals surface area (Å²) < 4.78 is 0. The number of aromatic amines is 1. The molecule has 0 radical (unpaired) electrons. The highest BCUT2D eigenvalue weighted by molar-refractivity contribution is 6.20. The Kier molecular flexibility index (Phi) is 2.45. The van der Waals surface area contributed by atoms with Gasteiger partial charge in [-0.15, -0.1) is 0 Å². The summed E-state index contributed by atoms with van der Waals surface area (Å²) in [6.07, 6.45) is 8.81. The van der Waals surface area contributed by atoms with E-state index in [9.17, 15) is 5.11 Å². The average molecular weight is 266 g/mol. The van der Waals surface area contributed by atoms with Crippen LogP contribution in [0.15, 0.2) is 23.3 Å². The van der Waals surface area contributed by atoms with Crippen molar-refractivity contribution in [2.45, 2.75) is 19.3 Å². The van der Waals surface area contributed by atoms with Gasteiger partial charge in [0.25, 0.3) is 0 Å². The first-order chi connectivity index (χ1) is 9.79. The third kappa shape index (κ3) is 2.01. The third-order valence-corrected chi connectivity index (χ3v) is 3.66. The van der Waals surface area contributed by atoms with E-state index in [0.29, 0.717) is 5.69 Å². The summed E-state index contributed by atoms with van der Waals surface area (Å²) in [6, 6.07) is 3.85. The average Bonchev–Trinajstić information content (AvgIpc) is 3.07. The predicted molar refractivity (Wildman–Crippen MR) is 76.9 cm³/mol. The second-order valence-electron chi connectivity index (χ2n) is 5.30. The highest BCUT2D eigenvalue weighted by atomic mass is 16.3. The Morgan fingerprint density at radius 3 is 3.15 bits per heavy atom. The van der Waals surface area contributed by atoms with E-state index in [1.165, 1.54) is 12.8 Å². The lowest BCUT2D eigenvalue weighted by Gasteiger charge is -1.97. The minimum Gasteiger partial charge on any atom is -0.492 e. The molecular formula is C15H14N4O.